The van der Waals surface area contributed by atoms with Crippen molar-refractivity contribution in [1.82, 2.24) is 10.6 Å². The zero-order valence-corrected chi connectivity index (χ0v) is 46.5. The summed E-state index contributed by atoms with van der Waals surface area (Å²) in [6.45, 7) is 21.3. The molecule has 2 amide bonds. The molecule has 412 valence electrons. The molecule has 1 aromatic carbocycles. The van der Waals surface area contributed by atoms with Crippen molar-refractivity contribution in [2.24, 2.45) is 41.4 Å². The third kappa shape index (κ3) is 12.6. The van der Waals surface area contributed by atoms with Crippen molar-refractivity contribution in [3.63, 3.8) is 0 Å². The first kappa shape index (κ1) is 59.0. The predicted molar refractivity (Wildman–Crippen MR) is 281 cm³/mol. The minimum Gasteiger partial charge on any atom is -0.453 e. The topological polar surface area (TPSA) is 215 Å². The molecule has 0 radical (unpaired) electrons. The maximum atomic E-state index is 14.8. The Kier molecular flexibility index (Phi) is 19.5. The number of amides is 2. The van der Waals surface area contributed by atoms with Gasteiger partial charge in [0.1, 0.15) is 17.4 Å². The summed E-state index contributed by atoms with van der Waals surface area (Å²) in [5.41, 5.74) is -0.0703. The van der Waals surface area contributed by atoms with Gasteiger partial charge < -0.3 is 54.2 Å². The van der Waals surface area contributed by atoms with Crippen LogP contribution in [0.3, 0.4) is 0 Å². The molecule has 5 aliphatic rings. The largest absolute Gasteiger partial charge is 0.453 e. The number of ether oxygens (including phenoxy) is 6. The van der Waals surface area contributed by atoms with Crippen molar-refractivity contribution in [3.05, 3.63) is 47.6 Å². The number of nitrogens with zero attached hydrogens (tertiary/aromatic N) is 2. The fourth-order valence-corrected chi connectivity index (χ4v) is 12.6. The highest BCUT2D eigenvalue weighted by molar-refractivity contribution is 6.01. The molecule has 5 heterocycles. The highest BCUT2D eigenvalue weighted by Gasteiger charge is 2.64. The molecule has 16 heteroatoms. The van der Waals surface area contributed by atoms with Crippen LogP contribution in [0.15, 0.2) is 42.0 Å². The van der Waals surface area contributed by atoms with Crippen LogP contribution in [0.1, 0.15) is 146 Å². The normalized spacial score (nSPS) is 36.2. The molecule has 4 fully saturated rings. The van der Waals surface area contributed by atoms with Gasteiger partial charge in [0.15, 0.2) is 11.9 Å². The number of anilines is 1. The van der Waals surface area contributed by atoms with Crippen LogP contribution in [-0.2, 0) is 47.6 Å². The van der Waals surface area contributed by atoms with Crippen LogP contribution in [0.5, 0.6) is 0 Å². The maximum Gasteiger partial charge on any atom is 0.303 e. The molecular weight excluding hydrogens is 945 g/mol. The Bertz CT molecular complexity index is 2230. The molecule has 4 saturated heterocycles. The molecule has 0 saturated carbocycles. The lowest BCUT2D eigenvalue weighted by Crippen LogP contribution is -2.63. The monoisotopic (exact) mass is 1030 g/mol. The zero-order valence-electron chi connectivity index (χ0n) is 46.5. The molecule has 0 unspecified atom stereocenters. The van der Waals surface area contributed by atoms with Crippen LogP contribution in [-0.4, -0.2) is 126 Å². The molecule has 2 spiro atoms. The second-order valence-electron chi connectivity index (χ2n) is 22.9. The SMILES string of the molecule is CC[C@@H](C(=O)[C@@H](C)[C@@H](O)[C@H](C)[C@@H]1O[C@@H]([C@@H](CC)C(=O)NCCNC(=O)/C(C#N)=C/c2ccc(N(C)C)cc2)CC[C@@H]1C)[C@H]1O[C@]2(C=C[C@@H](OC(C)=O)[C@]3(CC[C@@](C)([C@H]4CC[C@](O)(CC)[C@H](C)O4)O3)O2)[C@H](C)C[C@@H]1C. The number of nitrogens with one attached hydrogen (secondary N) is 2. The number of Topliss-reactive ketones (excluding diaryl/α,β-unsaturated/α-hetero) is 1. The average molecular weight is 1030 g/mol. The fourth-order valence-electron chi connectivity index (χ4n) is 12.6. The number of nitriles is 1. The van der Waals surface area contributed by atoms with E-state index in [1.165, 1.54) is 13.0 Å². The van der Waals surface area contributed by atoms with Crippen LogP contribution in [0, 0.1) is 52.8 Å². The number of carbonyl (C=O) groups excluding carboxylic acids is 4. The highest BCUT2D eigenvalue weighted by atomic mass is 16.8. The molecule has 16 nitrogen and oxygen atoms in total. The molecule has 74 heavy (non-hydrogen) atoms. The van der Waals surface area contributed by atoms with E-state index >= 15 is 0 Å². The molecule has 0 bridgehead atoms. The van der Waals surface area contributed by atoms with Crippen LogP contribution in [0.2, 0.25) is 0 Å². The second kappa shape index (κ2) is 24.4. The summed E-state index contributed by atoms with van der Waals surface area (Å²) in [5, 5.41) is 38.7. The standard InChI is InChI=1S/C58H88N4O12/c1-14-44(54(67)61-30-29-60-53(66)42(33-59)32-41-18-20-43(21-19-41)62(12)13)46-22-17-34(4)51(71-46)38(8)49(64)37(7)50(65)45(15-2)52-35(5)31-36(6)57(72-52)26-24-48(70-40(10)63)58(74-57)28-27-55(11,73-58)47-23-25-56(68,16-3)39(9)69-47/h18-21,24,26,32,34-39,44-49,51-52,64,68H,14-17,22-23,25,27-31H2,1-13H3,(H,60,66)(H,61,67)/b42-32+/t34-,35-,36+,37-,38-,39-,44+,45-,46+,47+,48+,49+,51+,52-,55-,56+,57-,58-/m0/s1. The number of benzene rings is 1. The van der Waals surface area contributed by atoms with E-state index in [9.17, 15) is 34.7 Å². The number of rotatable bonds is 19. The van der Waals surface area contributed by atoms with Crippen molar-refractivity contribution < 1.29 is 57.8 Å². The number of esters is 1. The first-order valence-corrected chi connectivity index (χ1v) is 27.6. The Morgan fingerprint density at radius 3 is 2.19 bits per heavy atom. The molecule has 0 aromatic heterocycles. The zero-order chi connectivity index (χ0) is 54.5. The Morgan fingerprint density at radius 2 is 1.58 bits per heavy atom. The van der Waals surface area contributed by atoms with E-state index in [1.54, 1.807) is 6.92 Å². The van der Waals surface area contributed by atoms with Crippen molar-refractivity contribution >= 4 is 35.3 Å². The van der Waals surface area contributed by atoms with Crippen molar-refractivity contribution in [2.45, 2.75) is 206 Å². The Hall–Kier alpha value is -4.21. The number of ketones is 1. The van der Waals surface area contributed by atoms with E-state index in [1.807, 2.05) is 103 Å². The van der Waals surface area contributed by atoms with E-state index < -0.39 is 94.9 Å². The van der Waals surface area contributed by atoms with Crippen LogP contribution in [0.25, 0.3) is 6.08 Å². The summed E-state index contributed by atoms with van der Waals surface area (Å²) in [7, 11) is 3.86. The highest BCUT2D eigenvalue weighted by Crippen LogP contribution is 2.54. The van der Waals surface area contributed by atoms with Gasteiger partial charge in [-0.2, -0.15) is 5.26 Å². The summed E-state index contributed by atoms with van der Waals surface area (Å²) in [5.74, 6) is -6.52. The predicted octanol–water partition coefficient (Wildman–Crippen LogP) is 7.58. The number of hydrogen-bond acceptors (Lipinski definition) is 14. The summed E-state index contributed by atoms with van der Waals surface area (Å²) >= 11 is 0. The molecule has 1 aromatic rings. The molecule has 0 aliphatic carbocycles. The van der Waals surface area contributed by atoms with Crippen molar-refractivity contribution in [3.8, 4) is 6.07 Å². The third-order valence-electron chi connectivity index (χ3n) is 17.5. The Balaban J connectivity index is 1.08. The van der Waals surface area contributed by atoms with Gasteiger partial charge in [0.05, 0.1) is 53.7 Å². The summed E-state index contributed by atoms with van der Waals surface area (Å²) in [6.07, 6.45) is 6.78. The summed E-state index contributed by atoms with van der Waals surface area (Å²) in [6, 6.07) is 9.46. The van der Waals surface area contributed by atoms with Crippen LogP contribution in [0.4, 0.5) is 5.69 Å². The van der Waals surface area contributed by atoms with Gasteiger partial charge in [-0.1, -0.05) is 67.5 Å². The van der Waals surface area contributed by atoms with Crippen molar-refractivity contribution in [1.29, 1.82) is 5.26 Å². The van der Waals surface area contributed by atoms with Gasteiger partial charge in [-0.15, -0.1) is 0 Å². The molecule has 4 N–H and O–H groups in total. The Labute approximate surface area is 440 Å². The number of hydrogen-bond donors (Lipinski definition) is 4. The fraction of sp³-hybridized carbons (Fsp3) is 0.741. The molecular formula is C58H88N4O12. The number of aliphatic hydroxyl groups is 2. The van der Waals surface area contributed by atoms with Gasteiger partial charge in [0, 0.05) is 69.9 Å². The maximum absolute atomic E-state index is 14.8. The van der Waals surface area contributed by atoms with Crippen LogP contribution < -0.4 is 15.5 Å². The summed E-state index contributed by atoms with van der Waals surface area (Å²) < 4.78 is 40.4. The first-order chi connectivity index (χ1) is 34.9. The van der Waals surface area contributed by atoms with E-state index in [0.717, 1.165) is 17.7 Å². The van der Waals surface area contributed by atoms with Gasteiger partial charge in [0.25, 0.3) is 5.91 Å². The smallest absolute Gasteiger partial charge is 0.303 e. The van der Waals surface area contributed by atoms with Gasteiger partial charge >= 0.3 is 5.97 Å². The minimum atomic E-state index is -1.41. The lowest BCUT2D eigenvalue weighted by atomic mass is 9.72. The lowest BCUT2D eigenvalue weighted by molar-refractivity contribution is -0.409. The molecule has 18 atom stereocenters. The Morgan fingerprint density at radius 1 is 0.905 bits per heavy atom. The molecule has 5 aliphatic heterocycles. The number of aliphatic hydroxyl groups excluding tert-OH is 1. The van der Waals surface area contributed by atoms with Crippen molar-refractivity contribution in [2.75, 3.05) is 32.1 Å². The van der Waals surface area contributed by atoms with Gasteiger partial charge in [-0.05, 0) is 119 Å². The van der Waals surface area contributed by atoms with E-state index in [4.69, 9.17) is 28.4 Å². The third-order valence-corrected chi connectivity index (χ3v) is 17.5. The quantitative estimate of drug-likeness (QED) is 0.0346. The lowest BCUT2D eigenvalue weighted by Gasteiger charge is -2.54. The first-order valence-electron chi connectivity index (χ1n) is 27.6. The number of carbonyl (C=O) groups is 4. The average Bonchev–Trinajstić information content (AvgIpc) is 3.71. The second-order valence-corrected chi connectivity index (χ2v) is 22.9. The van der Waals surface area contributed by atoms with Gasteiger partial charge in [-0.3, -0.25) is 19.2 Å². The molecule has 6 rings (SSSR count). The van der Waals surface area contributed by atoms with E-state index in [-0.39, 0.29) is 54.2 Å². The minimum absolute atomic E-state index is 0.0400. The van der Waals surface area contributed by atoms with E-state index in [0.29, 0.717) is 57.8 Å². The summed E-state index contributed by atoms with van der Waals surface area (Å²) in [4.78, 5) is 55.9. The van der Waals surface area contributed by atoms with Gasteiger partial charge in [0.2, 0.25) is 11.7 Å². The van der Waals surface area contributed by atoms with Gasteiger partial charge in [-0.25, -0.2) is 0 Å². The van der Waals surface area contributed by atoms with E-state index in [2.05, 4.69) is 31.4 Å². The van der Waals surface area contributed by atoms with Crippen LogP contribution >= 0.6 is 0 Å².